The molecule has 0 bridgehead atoms. The first-order valence-corrected chi connectivity index (χ1v) is 9.57. The molecule has 7 heteroatoms. The van der Waals surface area contributed by atoms with Crippen molar-refractivity contribution in [2.24, 2.45) is 5.41 Å². The van der Waals surface area contributed by atoms with Gasteiger partial charge in [0.05, 0.1) is 12.8 Å². The van der Waals surface area contributed by atoms with Crippen LogP contribution in [-0.4, -0.2) is 41.1 Å². The van der Waals surface area contributed by atoms with E-state index in [1.807, 2.05) is 51.1 Å². The molecule has 1 aliphatic rings. The largest absolute Gasteiger partial charge is 0.467 e. The fourth-order valence-electron chi connectivity index (χ4n) is 3.41. The van der Waals surface area contributed by atoms with E-state index >= 15 is 0 Å². The molecule has 1 aromatic carbocycles. The fraction of sp³-hybridized carbons (Fsp3) is 0.476. The number of aromatic nitrogens is 2. The van der Waals surface area contributed by atoms with Crippen molar-refractivity contribution < 1.29 is 14.3 Å². The number of carbonyl (C=O) groups excluding carboxylic acids is 2. The maximum absolute atomic E-state index is 13.1. The molecule has 1 aliphatic heterocycles. The maximum Gasteiger partial charge on any atom is 0.328 e. The molecular weight excluding hydrogens is 356 g/mol. The Morgan fingerprint density at radius 1 is 1.25 bits per heavy atom. The molecule has 0 aliphatic carbocycles. The van der Waals surface area contributed by atoms with Crippen LogP contribution in [0.4, 0.5) is 0 Å². The summed E-state index contributed by atoms with van der Waals surface area (Å²) in [7, 11) is 1.33. The quantitative estimate of drug-likeness (QED) is 0.791. The number of amides is 1. The number of esters is 1. The third kappa shape index (κ3) is 4.09. The smallest absolute Gasteiger partial charge is 0.328 e. The van der Waals surface area contributed by atoms with Gasteiger partial charge in [0.2, 0.25) is 0 Å². The molecule has 0 saturated heterocycles. The molecule has 2 aromatic rings. The molecule has 28 heavy (non-hydrogen) atoms. The molecule has 1 aromatic heterocycles. The lowest BCUT2D eigenvalue weighted by atomic mass is 9.86. The van der Waals surface area contributed by atoms with Gasteiger partial charge in [0.15, 0.2) is 5.69 Å². The van der Waals surface area contributed by atoms with Crippen LogP contribution in [0.2, 0.25) is 0 Å². The number of imidazole rings is 1. The highest BCUT2D eigenvalue weighted by molar-refractivity contribution is 5.97. The summed E-state index contributed by atoms with van der Waals surface area (Å²) in [6.45, 7) is 7.88. The summed E-state index contributed by atoms with van der Waals surface area (Å²) in [6.07, 6.45) is 0.955. The Morgan fingerprint density at radius 2 is 1.96 bits per heavy atom. The number of ether oxygens (including phenoxy) is 1. The second kappa shape index (κ2) is 8.14. The van der Waals surface area contributed by atoms with Crippen LogP contribution in [0, 0.1) is 5.41 Å². The monoisotopic (exact) mass is 384 g/mol. The number of hydrogen-bond acceptors (Lipinski definition) is 5. The van der Waals surface area contributed by atoms with Crippen molar-refractivity contribution in [2.45, 2.75) is 46.3 Å². The van der Waals surface area contributed by atoms with E-state index in [2.05, 4.69) is 20.2 Å². The summed E-state index contributed by atoms with van der Waals surface area (Å²) < 4.78 is 7.00. The summed E-state index contributed by atoms with van der Waals surface area (Å²) in [5.74, 6) is -0.0534. The molecule has 1 amide bonds. The molecule has 0 spiro atoms. The SMILES string of the molecule is COC(=O)[C@@H](NC(=O)c1nc(-c2ccccc2)n2c1CNCCC2)C(C)(C)C. The Balaban J connectivity index is 2.00. The van der Waals surface area contributed by atoms with E-state index in [1.54, 1.807) is 0 Å². The lowest BCUT2D eigenvalue weighted by Gasteiger charge is -2.28. The first-order valence-electron chi connectivity index (χ1n) is 9.57. The Labute approximate surface area is 165 Å². The van der Waals surface area contributed by atoms with E-state index in [1.165, 1.54) is 7.11 Å². The van der Waals surface area contributed by atoms with Crippen LogP contribution in [0.15, 0.2) is 30.3 Å². The minimum Gasteiger partial charge on any atom is -0.467 e. The Bertz CT molecular complexity index is 853. The third-order valence-electron chi connectivity index (χ3n) is 4.93. The average molecular weight is 384 g/mol. The zero-order valence-corrected chi connectivity index (χ0v) is 16.9. The van der Waals surface area contributed by atoms with E-state index in [0.717, 1.165) is 36.6 Å². The average Bonchev–Trinajstić information content (AvgIpc) is 2.86. The van der Waals surface area contributed by atoms with E-state index in [-0.39, 0.29) is 5.91 Å². The predicted octanol–water partition coefficient (Wildman–Crippen LogP) is 2.36. The van der Waals surface area contributed by atoms with Gasteiger partial charge in [-0.15, -0.1) is 0 Å². The van der Waals surface area contributed by atoms with Gasteiger partial charge in [0, 0.05) is 18.7 Å². The van der Waals surface area contributed by atoms with Crippen molar-refractivity contribution in [3.63, 3.8) is 0 Å². The molecular formula is C21H28N4O3. The molecule has 1 atom stereocenters. The fourth-order valence-corrected chi connectivity index (χ4v) is 3.41. The number of fused-ring (bicyclic) bond motifs is 1. The molecule has 0 fully saturated rings. The number of hydrogen-bond donors (Lipinski definition) is 2. The lowest BCUT2D eigenvalue weighted by molar-refractivity contribution is -0.145. The van der Waals surface area contributed by atoms with Crippen LogP contribution in [0.1, 0.15) is 43.4 Å². The molecule has 2 heterocycles. The Morgan fingerprint density at radius 3 is 2.61 bits per heavy atom. The summed E-state index contributed by atoms with van der Waals surface area (Å²) in [4.78, 5) is 30.0. The highest BCUT2D eigenvalue weighted by Crippen LogP contribution is 2.26. The van der Waals surface area contributed by atoms with E-state index in [9.17, 15) is 9.59 Å². The molecule has 0 radical (unpaired) electrons. The number of methoxy groups -OCH3 is 1. The van der Waals surface area contributed by atoms with Gasteiger partial charge in [0.1, 0.15) is 11.9 Å². The van der Waals surface area contributed by atoms with Gasteiger partial charge in [-0.25, -0.2) is 9.78 Å². The van der Waals surface area contributed by atoms with Crippen LogP contribution in [-0.2, 0) is 22.6 Å². The van der Waals surface area contributed by atoms with Gasteiger partial charge in [-0.2, -0.15) is 0 Å². The van der Waals surface area contributed by atoms with Gasteiger partial charge in [0.25, 0.3) is 5.91 Å². The zero-order chi connectivity index (χ0) is 20.3. The van der Waals surface area contributed by atoms with E-state index in [4.69, 9.17) is 4.74 Å². The van der Waals surface area contributed by atoms with Gasteiger partial charge in [-0.3, -0.25) is 4.79 Å². The second-order valence-corrected chi connectivity index (χ2v) is 8.07. The van der Waals surface area contributed by atoms with Crippen molar-refractivity contribution in [3.8, 4) is 11.4 Å². The Kier molecular flexibility index (Phi) is 5.84. The van der Waals surface area contributed by atoms with E-state index in [0.29, 0.717) is 12.2 Å². The number of nitrogens with one attached hydrogen (secondary N) is 2. The minimum atomic E-state index is -0.763. The maximum atomic E-state index is 13.1. The predicted molar refractivity (Wildman–Crippen MR) is 107 cm³/mol. The summed E-state index contributed by atoms with van der Waals surface area (Å²) in [5.41, 5.74) is 1.67. The van der Waals surface area contributed by atoms with Crippen molar-refractivity contribution in [1.29, 1.82) is 0 Å². The summed E-state index contributed by atoms with van der Waals surface area (Å²) in [6, 6.07) is 9.08. The van der Waals surface area contributed by atoms with Crippen LogP contribution < -0.4 is 10.6 Å². The van der Waals surface area contributed by atoms with Crippen molar-refractivity contribution >= 4 is 11.9 Å². The number of nitrogens with zero attached hydrogens (tertiary/aromatic N) is 2. The van der Waals surface area contributed by atoms with Gasteiger partial charge >= 0.3 is 5.97 Å². The van der Waals surface area contributed by atoms with Crippen molar-refractivity contribution in [3.05, 3.63) is 41.7 Å². The highest BCUT2D eigenvalue weighted by atomic mass is 16.5. The molecule has 3 rings (SSSR count). The molecule has 0 unspecified atom stereocenters. The first kappa shape index (κ1) is 20.1. The van der Waals surface area contributed by atoms with E-state index < -0.39 is 17.4 Å². The minimum absolute atomic E-state index is 0.353. The summed E-state index contributed by atoms with van der Waals surface area (Å²) in [5, 5.41) is 6.19. The van der Waals surface area contributed by atoms with Crippen LogP contribution in [0.3, 0.4) is 0 Å². The number of rotatable bonds is 4. The molecule has 2 N–H and O–H groups in total. The number of benzene rings is 1. The highest BCUT2D eigenvalue weighted by Gasteiger charge is 2.35. The van der Waals surface area contributed by atoms with Gasteiger partial charge in [-0.05, 0) is 18.4 Å². The third-order valence-corrected chi connectivity index (χ3v) is 4.93. The normalized spacial score (nSPS) is 15.3. The van der Waals surface area contributed by atoms with Crippen LogP contribution >= 0.6 is 0 Å². The van der Waals surface area contributed by atoms with Gasteiger partial charge < -0.3 is 19.9 Å². The molecule has 7 nitrogen and oxygen atoms in total. The topological polar surface area (TPSA) is 85.2 Å². The molecule has 0 saturated carbocycles. The van der Waals surface area contributed by atoms with Gasteiger partial charge in [-0.1, -0.05) is 51.1 Å². The second-order valence-electron chi connectivity index (χ2n) is 8.07. The standard InChI is InChI=1S/C21H28N4O3/c1-21(2,3)17(20(27)28-4)24-19(26)16-15-13-22-11-8-12-25(15)18(23-16)14-9-6-5-7-10-14/h5-7,9-10,17,22H,8,11-13H2,1-4H3,(H,24,26)/t17-/m1/s1. The van der Waals surface area contributed by atoms with Crippen molar-refractivity contribution in [2.75, 3.05) is 13.7 Å². The van der Waals surface area contributed by atoms with Crippen LogP contribution in [0.5, 0.6) is 0 Å². The summed E-state index contributed by atoms with van der Waals surface area (Å²) >= 11 is 0. The number of carbonyl (C=O) groups is 2. The first-order chi connectivity index (χ1) is 13.3. The van der Waals surface area contributed by atoms with Crippen LogP contribution in [0.25, 0.3) is 11.4 Å². The molecule has 150 valence electrons. The lowest BCUT2D eigenvalue weighted by Crippen LogP contribution is -2.50. The Hall–Kier alpha value is -2.67. The zero-order valence-electron chi connectivity index (χ0n) is 16.9. The van der Waals surface area contributed by atoms with Crippen molar-refractivity contribution in [1.82, 2.24) is 20.2 Å².